The third-order valence-electron chi connectivity index (χ3n) is 8.72. The third kappa shape index (κ3) is 8.01. The summed E-state index contributed by atoms with van der Waals surface area (Å²) in [7, 11) is 0. The van der Waals surface area contributed by atoms with Gasteiger partial charge in [0.2, 0.25) is 5.95 Å². The Morgan fingerprint density at radius 1 is 0.509 bits per heavy atom. The Hall–Kier alpha value is -4.99. The molecule has 0 bridgehead atoms. The molecule has 0 spiro atoms. The van der Waals surface area contributed by atoms with Gasteiger partial charge in [0.05, 0.1) is 0 Å². The normalized spacial score (nSPS) is 11.1. The van der Waals surface area contributed by atoms with Gasteiger partial charge in [0.1, 0.15) is 0 Å². The molecular weight excluding hydrogens is 932 g/mol. The summed E-state index contributed by atoms with van der Waals surface area (Å²) in [5.74, 6) is 3.44. The van der Waals surface area contributed by atoms with Crippen LogP contribution in [0.25, 0.3) is 50.3 Å². The molecule has 0 saturated heterocycles. The van der Waals surface area contributed by atoms with E-state index in [2.05, 4.69) is 84.0 Å². The van der Waals surface area contributed by atoms with Crippen LogP contribution in [0.15, 0.2) is 116 Å². The first-order valence-electron chi connectivity index (χ1n) is 16.9. The first-order chi connectivity index (χ1) is 24.9. The summed E-state index contributed by atoms with van der Waals surface area (Å²) in [4.78, 5) is 18.3. The molecule has 0 unspecified atom stereocenters. The zero-order valence-electron chi connectivity index (χ0n) is 29.3. The van der Waals surface area contributed by atoms with Crippen LogP contribution in [0.1, 0.15) is 50.7 Å². The number of nitrogens with zero attached hydrogens (tertiary/aromatic N) is 5. The number of benzene rings is 4. The number of rotatable bonds is 9. The maximum Gasteiger partial charge on any atom is 2.00 e. The van der Waals surface area contributed by atoms with Crippen molar-refractivity contribution in [2.24, 2.45) is 0 Å². The molecule has 0 fully saturated rings. The van der Waals surface area contributed by atoms with Gasteiger partial charge >= 0.3 is 41.5 Å². The fourth-order valence-electron chi connectivity index (χ4n) is 6.01. The fraction of sp³-hybridized carbons (Fsp3) is 0.136. The average molecular weight is 965 g/mol. The molecule has 8 rings (SSSR count). The van der Waals surface area contributed by atoms with Crippen LogP contribution in [0, 0.1) is 24.3 Å². The van der Waals surface area contributed by atoms with E-state index in [4.69, 9.17) is 9.47 Å². The van der Waals surface area contributed by atoms with E-state index in [0.29, 0.717) is 40.8 Å². The Morgan fingerprint density at radius 2 is 0.962 bits per heavy atom. The van der Waals surface area contributed by atoms with E-state index in [9.17, 15) is 0 Å². The Morgan fingerprint density at radius 3 is 1.42 bits per heavy atom. The van der Waals surface area contributed by atoms with Gasteiger partial charge in [-0.05, 0) is 41.4 Å². The molecule has 266 valence electrons. The van der Waals surface area contributed by atoms with Crippen LogP contribution in [0.3, 0.4) is 0 Å². The number of aromatic nitrogens is 5. The summed E-state index contributed by atoms with van der Waals surface area (Å²) in [5, 5.41) is 1.90. The van der Waals surface area contributed by atoms with E-state index < -0.39 is 0 Å². The third-order valence-corrected chi connectivity index (χ3v) is 8.72. The first-order valence-corrected chi connectivity index (χ1v) is 16.9. The molecule has 8 aromatic rings. The summed E-state index contributed by atoms with van der Waals surface area (Å²) < 4.78 is 14.6. The van der Waals surface area contributed by atoms with Crippen molar-refractivity contribution < 1.29 is 51.0 Å². The van der Waals surface area contributed by atoms with E-state index in [0.717, 1.165) is 44.3 Å². The molecule has 4 aromatic carbocycles. The van der Waals surface area contributed by atoms with Gasteiger partial charge in [-0.1, -0.05) is 74.1 Å². The van der Waals surface area contributed by atoms with E-state index in [1.54, 1.807) is 18.5 Å². The second-order valence-corrected chi connectivity index (χ2v) is 12.9. The summed E-state index contributed by atoms with van der Waals surface area (Å²) in [6.07, 6.45) is 7.11. The Labute approximate surface area is 337 Å². The minimum absolute atomic E-state index is 0. The predicted molar refractivity (Wildman–Crippen MR) is 199 cm³/mol. The van der Waals surface area contributed by atoms with Gasteiger partial charge in [0, 0.05) is 47.8 Å². The van der Waals surface area contributed by atoms with E-state index in [1.807, 2.05) is 89.8 Å². The summed E-state index contributed by atoms with van der Waals surface area (Å²) in [6, 6.07) is 43.3. The topological polar surface area (TPSA) is 75.0 Å². The van der Waals surface area contributed by atoms with Crippen LogP contribution < -0.4 is 9.47 Å². The molecule has 0 aliphatic carbocycles. The second-order valence-electron chi connectivity index (χ2n) is 12.9. The van der Waals surface area contributed by atoms with Crippen molar-refractivity contribution >= 4 is 21.8 Å². The van der Waals surface area contributed by atoms with Crippen molar-refractivity contribution in [1.82, 2.24) is 24.5 Å². The maximum absolute atomic E-state index is 6.35. The Bertz CT molecular complexity index is 2360. The standard InChI is InChI=1S/C44H33N5O2.Pd.Pt/c1-28(2)30-16-20-45-40(24-30)32-8-5-10-34(22-32)50-36-12-14-38-39-15-13-37(27-43(39)49(42(38)26-36)44-47-18-7-19-48-44)51-35-11-6-9-33(23-35)41-25-31(29(3)4)17-21-46-41;;/h5-21,24-25,28-29H,1-4H3;;/q-4;2*+2. The molecule has 0 radical (unpaired) electrons. The van der Waals surface area contributed by atoms with Crippen molar-refractivity contribution in [2.45, 2.75) is 39.5 Å². The van der Waals surface area contributed by atoms with Gasteiger partial charge < -0.3 is 24.0 Å². The minimum atomic E-state index is 0. The maximum atomic E-state index is 6.35. The van der Waals surface area contributed by atoms with E-state index >= 15 is 0 Å². The van der Waals surface area contributed by atoms with Crippen molar-refractivity contribution in [3.63, 3.8) is 0 Å². The van der Waals surface area contributed by atoms with Gasteiger partial charge in [-0.3, -0.25) is 0 Å². The molecule has 0 saturated carbocycles. The molecule has 53 heavy (non-hydrogen) atoms. The van der Waals surface area contributed by atoms with Gasteiger partial charge in [0.25, 0.3) is 0 Å². The van der Waals surface area contributed by atoms with Gasteiger partial charge in [-0.25, -0.2) is 9.97 Å². The average Bonchev–Trinajstić information content (AvgIpc) is 3.48. The van der Waals surface area contributed by atoms with Crippen LogP contribution in [-0.2, 0) is 41.5 Å². The number of ether oxygens (including phenoxy) is 2. The molecule has 0 amide bonds. The number of hydrogen-bond acceptors (Lipinski definition) is 6. The van der Waals surface area contributed by atoms with Crippen LogP contribution in [0.5, 0.6) is 23.0 Å². The van der Waals surface area contributed by atoms with Crippen LogP contribution in [-0.4, -0.2) is 24.5 Å². The Kier molecular flexibility index (Phi) is 11.7. The van der Waals surface area contributed by atoms with Gasteiger partial charge in [0.15, 0.2) is 0 Å². The number of fused-ring (bicyclic) bond motifs is 3. The molecular formula is C44H33N5O2PdPt. The number of pyridine rings is 2. The van der Waals surface area contributed by atoms with Crippen LogP contribution in [0.2, 0.25) is 0 Å². The van der Waals surface area contributed by atoms with E-state index in [1.165, 1.54) is 11.1 Å². The Balaban J connectivity index is 0.00000240. The largest absolute Gasteiger partial charge is 2.00 e. The van der Waals surface area contributed by atoms with E-state index in [-0.39, 0.29) is 41.5 Å². The molecule has 7 nitrogen and oxygen atoms in total. The van der Waals surface area contributed by atoms with Gasteiger partial charge in [-0.15, -0.1) is 71.8 Å². The van der Waals surface area contributed by atoms with Crippen molar-refractivity contribution in [3.8, 4) is 51.5 Å². The zero-order chi connectivity index (χ0) is 34.9. The monoisotopic (exact) mass is 964 g/mol. The zero-order valence-corrected chi connectivity index (χ0v) is 33.1. The van der Waals surface area contributed by atoms with Crippen LogP contribution in [0.4, 0.5) is 0 Å². The minimum Gasteiger partial charge on any atom is -0.503 e. The molecule has 0 atom stereocenters. The summed E-state index contributed by atoms with van der Waals surface area (Å²) in [5.41, 5.74) is 7.33. The SMILES string of the molecule is CC(C)c1ccnc(-c2[c-]c(Oc3[c-]c4c(cc3)c3ccc(Oc5[c-]c(-c6cc(C(C)C)ccn6)ccc5)[c-]c3n4-c3ncccn3)ccc2)c1.[Pd+2].[Pt+2]. The molecule has 4 heterocycles. The van der Waals surface area contributed by atoms with Crippen molar-refractivity contribution in [2.75, 3.05) is 0 Å². The first kappa shape index (κ1) is 37.8. The summed E-state index contributed by atoms with van der Waals surface area (Å²) in [6.45, 7) is 8.68. The molecule has 4 aromatic heterocycles. The molecule has 9 heteroatoms. The molecule has 0 aliphatic heterocycles. The summed E-state index contributed by atoms with van der Waals surface area (Å²) >= 11 is 0. The second kappa shape index (κ2) is 16.4. The fourth-order valence-corrected chi connectivity index (χ4v) is 6.01. The smallest absolute Gasteiger partial charge is 0.503 e. The van der Waals surface area contributed by atoms with Crippen molar-refractivity contribution in [3.05, 3.63) is 151 Å². The van der Waals surface area contributed by atoms with Crippen molar-refractivity contribution in [1.29, 1.82) is 0 Å². The molecule has 0 N–H and O–H groups in total. The predicted octanol–water partition coefficient (Wildman–Crippen LogP) is 10.7. The quantitative estimate of drug-likeness (QED) is 0.106. The number of hydrogen-bond donors (Lipinski definition) is 0. The van der Waals surface area contributed by atoms with Crippen LogP contribution >= 0.6 is 0 Å². The van der Waals surface area contributed by atoms with Gasteiger partial charge in [-0.2, -0.15) is 22.9 Å². The molecule has 0 aliphatic rings.